The summed E-state index contributed by atoms with van der Waals surface area (Å²) in [5, 5.41) is 0.826. The smallest absolute Gasteiger partial charge is 0.357 e. The van der Waals surface area contributed by atoms with Gasteiger partial charge in [0.2, 0.25) is 0 Å². The van der Waals surface area contributed by atoms with Crippen molar-refractivity contribution in [2.75, 3.05) is 20.3 Å². The van der Waals surface area contributed by atoms with Crippen LogP contribution in [-0.2, 0) is 24.8 Å². The van der Waals surface area contributed by atoms with Gasteiger partial charge in [-0.1, -0.05) is 0 Å². The number of esters is 1. The molecule has 2 saturated carbocycles. The molecule has 6 rings (SSSR count). The molecule has 0 bridgehead atoms. The number of hydrogen-bond acceptors (Lipinski definition) is 6. The van der Waals surface area contributed by atoms with Gasteiger partial charge in [-0.05, 0) is 89.2 Å². The highest BCUT2D eigenvalue weighted by molar-refractivity contribution is 6.02. The van der Waals surface area contributed by atoms with Gasteiger partial charge >= 0.3 is 11.9 Å². The summed E-state index contributed by atoms with van der Waals surface area (Å²) in [6, 6.07) is 6.49. The highest BCUT2D eigenvalue weighted by atomic mass is 19.1. The van der Waals surface area contributed by atoms with Crippen molar-refractivity contribution in [3.63, 3.8) is 0 Å². The Hall–Kier alpha value is -2.82. The van der Waals surface area contributed by atoms with Gasteiger partial charge in [0, 0.05) is 43.0 Å². The molecule has 2 aliphatic heterocycles. The van der Waals surface area contributed by atoms with Crippen molar-refractivity contribution in [3.8, 4) is 0 Å². The summed E-state index contributed by atoms with van der Waals surface area (Å²) in [6.07, 6.45) is 7.33. The second-order valence-electron chi connectivity index (χ2n) is 13.9. The number of nitrogens with two attached hydrogens (primary N) is 2. The molecule has 10 heteroatoms. The Morgan fingerprint density at radius 3 is 2.42 bits per heavy atom. The fourth-order valence-electron chi connectivity index (χ4n) is 9.07. The molecule has 4 N–H and O–H groups in total. The predicted octanol–water partition coefficient (Wildman–Crippen LogP) is 4.52. The number of cyclic esters (lactones) is 1. The molecule has 2 aliphatic carbocycles. The number of alkyl halides is 1. The summed E-state index contributed by atoms with van der Waals surface area (Å²) in [5.74, 6) is -0.742. The highest BCUT2D eigenvalue weighted by Gasteiger charge is 2.61. The molecule has 0 unspecified atom stereocenters. The van der Waals surface area contributed by atoms with Crippen LogP contribution in [0.2, 0.25) is 0 Å². The Bertz CT molecular complexity index is 1410. The van der Waals surface area contributed by atoms with Crippen molar-refractivity contribution in [3.05, 3.63) is 30.0 Å². The van der Waals surface area contributed by atoms with Gasteiger partial charge in [-0.3, -0.25) is 9.36 Å². The van der Waals surface area contributed by atoms with E-state index in [4.69, 9.17) is 20.9 Å². The number of carbonyl (C=O) groups is 3. The Morgan fingerprint density at radius 1 is 1.09 bits per heavy atom. The lowest BCUT2D eigenvalue weighted by Crippen LogP contribution is -2.65. The average Bonchev–Trinajstić information content (AvgIpc) is 3.66. The minimum Gasteiger partial charge on any atom is -0.434 e. The number of fused-ring (bicyclic) bond motifs is 3. The molecule has 1 aromatic heterocycles. The molecule has 43 heavy (non-hydrogen) atoms. The van der Waals surface area contributed by atoms with E-state index in [2.05, 4.69) is 0 Å². The normalized spacial score (nSPS) is 34.6. The number of ether oxygens (including phenoxy) is 2. The van der Waals surface area contributed by atoms with Crippen molar-refractivity contribution in [2.24, 2.45) is 35.1 Å². The van der Waals surface area contributed by atoms with Gasteiger partial charge in [0.25, 0.3) is 5.91 Å². The molecule has 2 aromatic rings. The topological polar surface area (TPSA) is 127 Å². The van der Waals surface area contributed by atoms with E-state index in [1.807, 2.05) is 42.7 Å². The van der Waals surface area contributed by atoms with E-state index < -0.39 is 30.4 Å². The number of likely N-dealkylation sites (tertiary alicyclic amines) is 1. The SMILES string of the molecule is COC1CCC([C@@H]2CC[N@+](c3ccc4c(c3)cc3n4C(C)(C)OC3=O)(C(=O)[C@H]3CC[C@H]([C@H](N)CF)CC3)[C@@H]2C(N)=O)CC1. The molecule has 1 saturated heterocycles. The van der Waals surface area contributed by atoms with Crippen molar-refractivity contribution < 1.29 is 28.2 Å². The number of aromatic nitrogens is 1. The number of quaternary nitrogens is 1. The van der Waals surface area contributed by atoms with Gasteiger partial charge in [-0.15, -0.1) is 0 Å². The Kier molecular flexibility index (Phi) is 7.92. The predicted molar refractivity (Wildman–Crippen MR) is 162 cm³/mol. The maximum atomic E-state index is 14.9. The molecular formula is C33H46FN4O5+. The largest absolute Gasteiger partial charge is 0.434 e. The number of benzene rings is 1. The zero-order valence-corrected chi connectivity index (χ0v) is 25.6. The number of primary amides is 1. The van der Waals surface area contributed by atoms with Crippen LogP contribution in [0.4, 0.5) is 10.1 Å². The van der Waals surface area contributed by atoms with Crippen LogP contribution in [0.5, 0.6) is 0 Å². The van der Waals surface area contributed by atoms with E-state index in [9.17, 15) is 18.8 Å². The highest BCUT2D eigenvalue weighted by Crippen LogP contribution is 2.48. The molecule has 9 nitrogen and oxygen atoms in total. The van der Waals surface area contributed by atoms with Crippen molar-refractivity contribution in [1.29, 1.82) is 0 Å². The number of methoxy groups -OCH3 is 1. The molecule has 2 amide bonds. The molecule has 4 atom stereocenters. The third-order valence-electron chi connectivity index (χ3n) is 11.3. The van der Waals surface area contributed by atoms with Gasteiger partial charge in [-0.2, -0.15) is 0 Å². The summed E-state index contributed by atoms with van der Waals surface area (Å²) in [5.41, 5.74) is 13.5. The lowest BCUT2D eigenvalue weighted by molar-refractivity contribution is -0.142. The zero-order chi connectivity index (χ0) is 30.7. The number of hydrogen-bond donors (Lipinski definition) is 2. The maximum Gasteiger partial charge on any atom is 0.357 e. The van der Waals surface area contributed by atoms with Crippen molar-refractivity contribution >= 4 is 34.4 Å². The summed E-state index contributed by atoms with van der Waals surface area (Å²) < 4.78 is 26.3. The fourth-order valence-corrected chi connectivity index (χ4v) is 9.07. The summed E-state index contributed by atoms with van der Waals surface area (Å²) in [7, 11) is 1.75. The number of nitrogens with zero attached hydrogens (tertiary/aromatic N) is 2. The van der Waals surface area contributed by atoms with E-state index in [1.165, 1.54) is 0 Å². The van der Waals surface area contributed by atoms with E-state index in [0.717, 1.165) is 48.7 Å². The number of halogens is 1. The quantitative estimate of drug-likeness (QED) is 0.357. The Labute approximate surface area is 252 Å². The monoisotopic (exact) mass is 597 g/mol. The second kappa shape index (κ2) is 11.3. The third-order valence-corrected chi connectivity index (χ3v) is 11.3. The molecule has 0 spiro atoms. The van der Waals surface area contributed by atoms with Gasteiger partial charge in [0.15, 0.2) is 11.8 Å². The lowest BCUT2D eigenvalue weighted by atomic mass is 9.75. The minimum atomic E-state index is -0.827. The van der Waals surface area contributed by atoms with Crippen LogP contribution in [0.1, 0.15) is 82.1 Å². The first-order valence-electron chi connectivity index (χ1n) is 16.0. The van der Waals surface area contributed by atoms with E-state index in [0.29, 0.717) is 37.9 Å². The number of carbonyl (C=O) groups excluding carboxylic acids is 3. The summed E-state index contributed by atoms with van der Waals surface area (Å²) in [4.78, 5) is 41.1. The van der Waals surface area contributed by atoms with Crippen LogP contribution in [-0.4, -0.2) is 60.9 Å². The van der Waals surface area contributed by atoms with Gasteiger partial charge in [0.05, 0.1) is 24.1 Å². The first-order chi connectivity index (χ1) is 20.5. The summed E-state index contributed by atoms with van der Waals surface area (Å²) >= 11 is 0. The minimum absolute atomic E-state index is 0.0146. The van der Waals surface area contributed by atoms with E-state index in [1.54, 1.807) is 7.11 Å². The molecular weight excluding hydrogens is 551 g/mol. The van der Waals surface area contributed by atoms with E-state index >= 15 is 0 Å². The number of rotatable bonds is 7. The Morgan fingerprint density at radius 2 is 1.79 bits per heavy atom. The van der Waals surface area contributed by atoms with Crippen molar-refractivity contribution in [1.82, 2.24) is 9.05 Å². The van der Waals surface area contributed by atoms with Crippen LogP contribution in [0.15, 0.2) is 24.3 Å². The van der Waals surface area contributed by atoms with Crippen LogP contribution >= 0.6 is 0 Å². The summed E-state index contributed by atoms with van der Waals surface area (Å²) in [6.45, 7) is 3.64. The van der Waals surface area contributed by atoms with Crippen LogP contribution in [0.25, 0.3) is 10.9 Å². The standard InChI is InChI=1S/C33H45FN4O5/c1-33(2)37-27-13-10-23(16-22(27)17-28(37)32(41)43-33)38(31(40)21-6-4-20(5-7-21)26(35)18-34)15-14-25(29(38)30(36)39)19-8-11-24(42-3)12-9-19/h10,13,16-17,19-21,24-26,29H,4-9,11-12,14-15,18,35H2,1-3H3,(H-,36,39)/p+1/t19?,20-,21-,24?,25-,26+,29-,38+/m0/s1. The first-order valence-corrected chi connectivity index (χ1v) is 16.0. The molecule has 4 aliphatic rings. The fraction of sp³-hybridized carbons (Fsp3) is 0.667. The van der Waals surface area contributed by atoms with Gasteiger partial charge < -0.3 is 20.9 Å². The Balaban J connectivity index is 1.41. The third kappa shape index (κ3) is 4.90. The van der Waals surface area contributed by atoms with Gasteiger partial charge in [-0.25, -0.2) is 18.5 Å². The van der Waals surface area contributed by atoms with Crippen LogP contribution in [0, 0.1) is 23.7 Å². The van der Waals surface area contributed by atoms with Crippen molar-refractivity contribution in [2.45, 2.75) is 95.5 Å². The molecule has 0 radical (unpaired) electrons. The van der Waals surface area contributed by atoms with E-state index in [-0.39, 0.29) is 46.1 Å². The van der Waals surface area contributed by atoms with Crippen LogP contribution in [0.3, 0.4) is 0 Å². The second-order valence-corrected chi connectivity index (χ2v) is 13.9. The molecule has 3 heterocycles. The maximum absolute atomic E-state index is 14.9. The van der Waals surface area contributed by atoms with Gasteiger partial charge in [0.1, 0.15) is 18.1 Å². The van der Waals surface area contributed by atoms with Crippen LogP contribution < -0.4 is 16.0 Å². The first kappa shape index (κ1) is 30.2. The average molecular weight is 598 g/mol. The molecule has 1 aromatic carbocycles. The molecule has 3 fully saturated rings. The lowest BCUT2D eigenvalue weighted by Gasteiger charge is -2.42. The number of amides is 2. The molecule has 234 valence electrons. The zero-order valence-electron chi connectivity index (χ0n) is 25.6.